The van der Waals surface area contributed by atoms with Crippen LogP contribution in [0.2, 0.25) is 0 Å². The average molecular weight is 239 g/mol. The monoisotopic (exact) mass is 239 g/mol. The van der Waals surface area contributed by atoms with E-state index in [0.29, 0.717) is 5.56 Å². The first-order valence-corrected chi connectivity index (χ1v) is 6.45. The molecule has 1 aromatic carbocycles. The van der Waals surface area contributed by atoms with E-state index in [4.69, 9.17) is 5.73 Å². The van der Waals surface area contributed by atoms with Crippen molar-refractivity contribution in [3.63, 3.8) is 0 Å². The van der Waals surface area contributed by atoms with Crippen LogP contribution in [0, 0.1) is 5.92 Å². The Morgan fingerprint density at radius 2 is 2.12 bits per heavy atom. The Morgan fingerprint density at radius 1 is 1.44 bits per heavy atom. The molecule has 0 aromatic heterocycles. The molecule has 1 heterocycles. The molecule has 1 atom stereocenters. The summed E-state index contributed by atoms with van der Waals surface area (Å²) < 4.78 is 24.2. The van der Waals surface area contributed by atoms with Crippen LogP contribution >= 0.6 is 0 Å². The molecule has 0 spiro atoms. The molecule has 1 aliphatic heterocycles. The molecule has 4 nitrogen and oxygen atoms in total. The number of fused-ring (bicyclic) bond motifs is 1. The van der Waals surface area contributed by atoms with Crippen molar-refractivity contribution in [1.82, 2.24) is 0 Å². The number of hydrogen-bond acceptors (Lipinski definition) is 4. The van der Waals surface area contributed by atoms with E-state index in [9.17, 15) is 13.5 Å². The van der Waals surface area contributed by atoms with E-state index in [1.165, 1.54) is 24.3 Å². The topological polar surface area (TPSA) is 80.4 Å². The average Bonchev–Trinajstić information content (AvgIpc) is 2.52. The molecule has 0 radical (unpaired) electrons. The minimum absolute atomic E-state index is 0.0136. The first-order valence-electron chi connectivity index (χ1n) is 4.97. The van der Waals surface area contributed by atoms with E-state index in [0.717, 1.165) is 0 Å². The number of hydrogen-bond donors (Lipinski definition) is 2. The zero-order valence-electron chi connectivity index (χ0n) is 8.84. The number of phenols is 1. The van der Waals surface area contributed by atoms with Gasteiger partial charge in [-0.15, -0.1) is 0 Å². The molecular weight excluding hydrogens is 226 g/mol. The summed E-state index contributed by atoms with van der Waals surface area (Å²) in [5, 5.41) is 9.60. The lowest BCUT2D eigenvalue weighted by molar-refractivity contribution is 0.472. The highest BCUT2D eigenvalue weighted by molar-refractivity contribution is 7.95. The maximum Gasteiger partial charge on any atom is 0.203 e. The highest BCUT2D eigenvalue weighted by atomic mass is 32.2. The smallest absolute Gasteiger partial charge is 0.203 e. The predicted octanol–water partition coefficient (Wildman–Crippen LogP) is 1.12. The lowest BCUT2D eigenvalue weighted by atomic mass is 10.1. The van der Waals surface area contributed by atoms with E-state index < -0.39 is 9.84 Å². The van der Waals surface area contributed by atoms with Crippen molar-refractivity contribution in [3.05, 3.63) is 28.7 Å². The van der Waals surface area contributed by atoms with Gasteiger partial charge in [0.1, 0.15) is 5.75 Å². The molecule has 0 aliphatic carbocycles. The normalized spacial score (nSPS) is 19.0. The molecule has 16 heavy (non-hydrogen) atoms. The van der Waals surface area contributed by atoms with E-state index >= 15 is 0 Å². The van der Waals surface area contributed by atoms with Crippen molar-refractivity contribution in [2.45, 2.75) is 11.8 Å². The first kappa shape index (κ1) is 11.2. The van der Waals surface area contributed by atoms with E-state index in [2.05, 4.69) is 0 Å². The van der Waals surface area contributed by atoms with Gasteiger partial charge in [0, 0.05) is 11.5 Å². The molecule has 3 N–H and O–H groups in total. The number of benzene rings is 1. The van der Waals surface area contributed by atoms with Crippen molar-refractivity contribution in [2.75, 3.05) is 6.54 Å². The fourth-order valence-electron chi connectivity index (χ4n) is 1.78. The number of sulfone groups is 1. The van der Waals surface area contributed by atoms with Gasteiger partial charge >= 0.3 is 0 Å². The summed E-state index contributed by atoms with van der Waals surface area (Å²) in [6, 6.07) is 4.49. The molecule has 2 rings (SSSR count). The van der Waals surface area contributed by atoms with Crippen LogP contribution < -0.4 is 5.73 Å². The first-order chi connectivity index (χ1) is 7.48. The predicted molar refractivity (Wildman–Crippen MR) is 61.5 cm³/mol. The lowest BCUT2D eigenvalue weighted by Crippen LogP contribution is -2.17. The molecule has 0 fully saturated rings. The number of phenolic OH excluding ortho intramolecular Hbond substituents is 1. The second-order valence-electron chi connectivity index (χ2n) is 3.88. The third kappa shape index (κ3) is 1.44. The van der Waals surface area contributed by atoms with Crippen molar-refractivity contribution < 1.29 is 13.5 Å². The Morgan fingerprint density at radius 3 is 2.69 bits per heavy atom. The standard InChI is InChI=1S/C11H13NO3S/c1-7(6-12)11-5-8-9(13)3-2-4-10(8)16(11,14)15/h2-5,7,13H,6,12H2,1H3. The van der Waals surface area contributed by atoms with Crippen LogP contribution in [0.5, 0.6) is 5.75 Å². The fraction of sp³-hybridized carbons (Fsp3) is 0.273. The molecule has 5 heteroatoms. The summed E-state index contributed by atoms with van der Waals surface area (Å²) in [7, 11) is -3.46. The molecular formula is C11H13NO3S. The minimum Gasteiger partial charge on any atom is -0.507 e. The van der Waals surface area contributed by atoms with Crippen LogP contribution in [0.3, 0.4) is 0 Å². The number of rotatable bonds is 2. The Labute approximate surface area is 94.3 Å². The molecule has 0 bridgehead atoms. The molecule has 0 saturated heterocycles. The Hall–Kier alpha value is -1.33. The molecule has 0 saturated carbocycles. The maximum atomic E-state index is 12.1. The summed E-state index contributed by atoms with van der Waals surface area (Å²) in [6.45, 7) is 2.02. The van der Waals surface area contributed by atoms with Gasteiger partial charge in [0.05, 0.1) is 9.80 Å². The highest BCUT2D eigenvalue weighted by Crippen LogP contribution is 2.40. The van der Waals surface area contributed by atoms with Gasteiger partial charge in [-0.05, 0) is 24.8 Å². The molecule has 1 unspecified atom stereocenters. The number of aromatic hydroxyl groups is 1. The van der Waals surface area contributed by atoms with Gasteiger partial charge < -0.3 is 10.8 Å². The van der Waals surface area contributed by atoms with Gasteiger partial charge in [-0.1, -0.05) is 13.0 Å². The van der Waals surface area contributed by atoms with Gasteiger partial charge in [0.2, 0.25) is 9.84 Å². The van der Waals surface area contributed by atoms with Crippen LogP contribution in [0.25, 0.3) is 6.08 Å². The van der Waals surface area contributed by atoms with Crippen molar-refractivity contribution in [2.24, 2.45) is 11.7 Å². The second kappa shape index (κ2) is 3.61. The van der Waals surface area contributed by atoms with Gasteiger partial charge in [0.25, 0.3) is 0 Å². The molecule has 1 aromatic rings. The molecule has 0 amide bonds. The minimum atomic E-state index is -3.46. The summed E-state index contributed by atoms with van der Waals surface area (Å²) in [5.41, 5.74) is 5.85. The van der Waals surface area contributed by atoms with Crippen LogP contribution in [0.15, 0.2) is 28.0 Å². The summed E-state index contributed by atoms with van der Waals surface area (Å²) >= 11 is 0. The summed E-state index contributed by atoms with van der Waals surface area (Å²) in [5.74, 6) is -0.253. The summed E-state index contributed by atoms with van der Waals surface area (Å²) in [6.07, 6.45) is 1.51. The van der Waals surface area contributed by atoms with Crippen LogP contribution in [-0.4, -0.2) is 20.1 Å². The third-order valence-electron chi connectivity index (χ3n) is 2.77. The Balaban J connectivity index is 2.66. The third-order valence-corrected chi connectivity index (χ3v) is 4.84. The van der Waals surface area contributed by atoms with Crippen molar-refractivity contribution in [1.29, 1.82) is 0 Å². The lowest BCUT2D eigenvalue weighted by Gasteiger charge is -2.09. The van der Waals surface area contributed by atoms with Gasteiger partial charge in [-0.3, -0.25) is 0 Å². The number of nitrogens with two attached hydrogens (primary N) is 1. The van der Waals surface area contributed by atoms with Gasteiger partial charge in [-0.25, -0.2) is 8.42 Å². The largest absolute Gasteiger partial charge is 0.507 e. The van der Waals surface area contributed by atoms with Crippen molar-refractivity contribution in [3.8, 4) is 5.75 Å². The Bertz CT molecular complexity index is 561. The zero-order chi connectivity index (χ0) is 11.9. The van der Waals surface area contributed by atoms with E-state index in [1.54, 1.807) is 6.92 Å². The van der Waals surface area contributed by atoms with Crippen LogP contribution in [0.4, 0.5) is 0 Å². The SMILES string of the molecule is CC(CN)C1=Cc2c(O)cccc2S1(=O)=O. The van der Waals surface area contributed by atoms with E-state index in [-0.39, 0.29) is 28.0 Å². The zero-order valence-corrected chi connectivity index (χ0v) is 9.66. The quantitative estimate of drug-likeness (QED) is 0.810. The molecule has 1 aliphatic rings. The van der Waals surface area contributed by atoms with Crippen LogP contribution in [-0.2, 0) is 9.84 Å². The second-order valence-corrected chi connectivity index (χ2v) is 5.79. The van der Waals surface area contributed by atoms with Crippen molar-refractivity contribution >= 4 is 15.9 Å². The fourth-order valence-corrected chi connectivity index (χ4v) is 3.65. The van der Waals surface area contributed by atoms with Gasteiger partial charge in [0.15, 0.2) is 0 Å². The van der Waals surface area contributed by atoms with E-state index in [1.807, 2.05) is 0 Å². The Kier molecular flexibility index (Phi) is 2.52. The molecule has 86 valence electrons. The highest BCUT2D eigenvalue weighted by Gasteiger charge is 2.33. The van der Waals surface area contributed by atoms with Gasteiger partial charge in [-0.2, -0.15) is 0 Å². The maximum absolute atomic E-state index is 12.1. The van der Waals surface area contributed by atoms with Crippen LogP contribution in [0.1, 0.15) is 12.5 Å². The summed E-state index contributed by atoms with van der Waals surface area (Å²) in [4.78, 5) is 0.453.